The van der Waals surface area contributed by atoms with E-state index in [0.717, 1.165) is 11.8 Å². The number of aryl methyl sites for hydroxylation is 1. The molecule has 9 heteroatoms. The highest BCUT2D eigenvalue weighted by molar-refractivity contribution is 7.89. The predicted octanol–water partition coefficient (Wildman–Crippen LogP) is 1.15. The van der Waals surface area contributed by atoms with Crippen LogP contribution in [0, 0.1) is 17.0 Å². The fourth-order valence-electron chi connectivity index (χ4n) is 1.78. The number of nitro benzene ring substituents is 1. The summed E-state index contributed by atoms with van der Waals surface area (Å²) in [6.45, 7) is 1.73. The molecule has 0 amide bonds. The maximum absolute atomic E-state index is 12.1. The quantitative estimate of drug-likeness (QED) is 0.613. The van der Waals surface area contributed by atoms with Gasteiger partial charge >= 0.3 is 0 Å². The minimum Gasteiger partial charge on any atom is -0.348 e. The fourth-order valence-corrected chi connectivity index (χ4v) is 2.83. The third-order valence-electron chi connectivity index (χ3n) is 2.93. The summed E-state index contributed by atoms with van der Waals surface area (Å²) < 4.78 is 26.6. The van der Waals surface area contributed by atoms with Crippen LogP contribution in [0.5, 0.6) is 0 Å². The van der Waals surface area contributed by atoms with Gasteiger partial charge in [-0.3, -0.25) is 10.1 Å². The number of aromatic nitrogens is 2. The van der Waals surface area contributed by atoms with Gasteiger partial charge in [0.05, 0.1) is 16.1 Å². The van der Waals surface area contributed by atoms with Crippen LogP contribution in [0.2, 0.25) is 0 Å². The number of hydrogen-bond acceptors (Lipinski definition) is 5. The van der Waals surface area contributed by atoms with Gasteiger partial charge in [0, 0.05) is 36.5 Å². The molecular weight excluding hydrogens is 296 g/mol. The van der Waals surface area contributed by atoms with Gasteiger partial charge in [-0.1, -0.05) is 6.07 Å². The largest absolute Gasteiger partial charge is 0.348 e. The first-order valence-electron chi connectivity index (χ1n) is 6.12. The lowest BCUT2D eigenvalue weighted by Gasteiger charge is -2.07. The Morgan fingerprint density at radius 1 is 1.43 bits per heavy atom. The number of sulfonamides is 1. The van der Waals surface area contributed by atoms with Crippen LogP contribution in [-0.4, -0.2) is 29.9 Å². The number of hydrogen-bond donors (Lipinski definition) is 2. The van der Waals surface area contributed by atoms with Gasteiger partial charge in [0.1, 0.15) is 0 Å². The summed E-state index contributed by atoms with van der Waals surface area (Å²) in [5, 5.41) is 10.8. The van der Waals surface area contributed by atoms with Crippen molar-refractivity contribution >= 4 is 15.7 Å². The van der Waals surface area contributed by atoms with Gasteiger partial charge < -0.3 is 4.98 Å². The first kappa shape index (κ1) is 15.1. The van der Waals surface area contributed by atoms with Crippen LogP contribution < -0.4 is 4.72 Å². The average molecular weight is 310 g/mol. The van der Waals surface area contributed by atoms with Crippen LogP contribution in [0.4, 0.5) is 5.69 Å². The maximum atomic E-state index is 12.1. The highest BCUT2D eigenvalue weighted by atomic mass is 32.2. The monoisotopic (exact) mass is 310 g/mol. The molecule has 0 saturated heterocycles. The molecule has 8 nitrogen and oxygen atoms in total. The van der Waals surface area contributed by atoms with Gasteiger partial charge in [-0.25, -0.2) is 18.1 Å². The van der Waals surface area contributed by atoms with Crippen LogP contribution in [0.15, 0.2) is 35.6 Å². The summed E-state index contributed by atoms with van der Waals surface area (Å²) in [4.78, 5) is 16.8. The SMILES string of the molecule is Cc1ccc(S(=O)(=O)NCCc2cnc[nH]2)cc1[N+](=O)[O-]. The van der Waals surface area contributed by atoms with E-state index in [1.165, 1.54) is 18.5 Å². The molecule has 0 radical (unpaired) electrons. The number of nitro groups is 1. The molecule has 0 spiro atoms. The molecule has 2 N–H and O–H groups in total. The Morgan fingerprint density at radius 3 is 2.81 bits per heavy atom. The van der Waals surface area contributed by atoms with Crippen molar-refractivity contribution in [2.75, 3.05) is 6.54 Å². The van der Waals surface area contributed by atoms with E-state index in [9.17, 15) is 18.5 Å². The van der Waals surface area contributed by atoms with Gasteiger partial charge in [0.15, 0.2) is 0 Å². The zero-order valence-electron chi connectivity index (χ0n) is 11.2. The van der Waals surface area contributed by atoms with Crippen LogP contribution >= 0.6 is 0 Å². The van der Waals surface area contributed by atoms with Crippen molar-refractivity contribution < 1.29 is 13.3 Å². The summed E-state index contributed by atoms with van der Waals surface area (Å²) in [5.74, 6) is 0. The molecule has 0 atom stereocenters. The number of nitrogens with one attached hydrogen (secondary N) is 2. The van der Waals surface area contributed by atoms with E-state index < -0.39 is 14.9 Å². The normalized spacial score (nSPS) is 11.5. The van der Waals surface area contributed by atoms with Crippen molar-refractivity contribution in [3.05, 3.63) is 52.1 Å². The topological polar surface area (TPSA) is 118 Å². The van der Waals surface area contributed by atoms with E-state index >= 15 is 0 Å². The number of imidazole rings is 1. The van der Waals surface area contributed by atoms with Crippen molar-refractivity contribution in [1.29, 1.82) is 0 Å². The highest BCUT2D eigenvalue weighted by Crippen LogP contribution is 2.21. The van der Waals surface area contributed by atoms with E-state index in [1.54, 1.807) is 13.1 Å². The summed E-state index contributed by atoms with van der Waals surface area (Å²) in [6.07, 6.45) is 3.56. The standard InChI is InChI=1S/C12H14N4O4S/c1-9-2-3-11(6-12(9)16(17)18)21(19,20)15-5-4-10-7-13-8-14-10/h2-3,6-8,15H,4-5H2,1H3,(H,13,14). The first-order chi connectivity index (χ1) is 9.90. The molecule has 0 fully saturated rings. The van der Waals surface area contributed by atoms with Crippen LogP contribution in [0.3, 0.4) is 0 Å². The zero-order chi connectivity index (χ0) is 15.5. The molecular formula is C12H14N4O4S. The Hall–Kier alpha value is -2.26. The van der Waals surface area contributed by atoms with Gasteiger partial charge in [-0.15, -0.1) is 0 Å². The van der Waals surface area contributed by atoms with Crippen molar-refractivity contribution in [1.82, 2.24) is 14.7 Å². The average Bonchev–Trinajstić information content (AvgIpc) is 2.91. The van der Waals surface area contributed by atoms with Gasteiger partial charge in [-0.05, 0) is 13.0 Å². The number of nitrogens with zero attached hydrogens (tertiary/aromatic N) is 2. The molecule has 0 aliphatic heterocycles. The molecule has 0 aliphatic rings. The summed E-state index contributed by atoms with van der Waals surface area (Å²) in [6, 6.07) is 3.83. The van der Waals surface area contributed by atoms with Crippen LogP contribution in [0.1, 0.15) is 11.3 Å². The lowest BCUT2D eigenvalue weighted by atomic mass is 10.2. The molecule has 2 aromatic rings. The second-order valence-electron chi connectivity index (χ2n) is 4.43. The van der Waals surface area contributed by atoms with E-state index in [1.807, 2.05) is 0 Å². The lowest BCUT2D eigenvalue weighted by Crippen LogP contribution is -2.26. The minimum absolute atomic E-state index is 0.121. The molecule has 1 aromatic carbocycles. The van der Waals surface area contributed by atoms with Gasteiger partial charge in [0.25, 0.3) is 5.69 Å². The van der Waals surface area contributed by atoms with Crippen molar-refractivity contribution in [2.24, 2.45) is 0 Å². The number of H-pyrrole nitrogens is 1. The Bertz CT molecular complexity index is 741. The maximum Gasteiger partial charge on any atom is 0.273 e. The predicted molar refractivity (Wildman–Crippen MR) is 75.3 cm³/mol. The molecule has 21 heavy (non-hydrogen) atoms. The summed E-state index contributed by atoms with van der Waals surface area (Å²) in [5.41, 5.74) is 0.996. The van der Waals surface area contributed by atoms with Crippen molar-refractivity contribution in [2.45, 2.75) is 18.2 Å². The number of rotatable bonds is 6. The second kappa shape index (κ2) is 6.02. The Morgan fingerprint density at radius 2 is 2.19 bits per heavy atom. The smallest absolute Gasteiger partial charge is 0.273 e. The Balaban J connectivity index is 2.12. The van der Waals surface area contributed by atoms with E-state index in [0.29, 0.717) is 12.0 Å². The third kappa shape index (κ3) is 3.64. The zero-order valence-corrected chi connectivity index (χ0v) is 12.1. The van der Waals surface area contributed by atoms with Gasteiger partial charge in [-0.2, -0.15) is 0 Å². The first-order valence-corrected chi connectivity index (χ1v) is 7.60. The third-order valence-corrected chi connectivity index (χ3v) is 4.39. The highest BCUT2D eigenvalue weighted by Gasteiger charge is 2.19. The molecule has 0 aliphatic carbocycles. The van der Waals surface area contributed by atoms with Crippen molar-refractivity contribution in [3.63, 3.8) is 0 Å². The lowest BCUT2D eigenvalue weighted by molar-refractivity contribution is -0.385. The number of benzene rings is 1. The molecule has 1 heterocycles. The minimum atomic E-state index is -3.78. The molecule has 2 rings (SSSR count). The fraction of sp³-hybridized carbons (Fsp3) is 0.250. The van der Waals surface area contributed by atoms with Gasteiger partial charge in [0.2, 0.25) is 10.0 Å². The number of aromatic amines is 1. The molecule has 0 bridgehead atoms. The van der Waals surface area contributed by atoms with Crippen LogP contribution in [0.25, 0.3) is 0 Å². The molecule has 112 valence electrons. The van der Waals surface area contributed by atoms with E-state index in [2.05, 4.69) is 14.7 Å². The molecule has 0 saturated carbocycles. The second-order valence-corrected chi connectivity index (χ2v) is 6.20. The van der Waals surface area contributed by atoms with E-state index in [4.69, 9.17) is 0 Å². The van der Waals surface area contributed by atoms with Crippen molar-refractivity contribution in [3.8, 4) is 0 Å². The summed E-state index contributed by atoms with van der Waals surface area (Å²) >= 11 is 0. The van der Waals surface area contributed by atoms with Crippen LogP contribution in [-0.2, 0) is 16.4 Å². The summed E-state index contributed by atoms with van der Waals surface area (Å²) in [7, 11) is -3.78. The molecule has 1 aromatic heterocycles. The Kier molecular flexibility index (Phi) is 4.34. The molecule has 0 unspecified atom stereocenters. The van der Waals surface area contributed by atoms with E-state index in [-0.39, 0.29) is 17.1 Å². The Labute approximate surface area is 121 Å².